The van der Waals surface area contributed by atoms with Gasteiger partial charge in [0.2, 0.25) is 0 Å². The first-order chi connectivity index (χ1) is 11.2. The second-order valence-electron chi connectivity index (χ2n) is 3.94. The molecular formula is C18H26O5. The molecule has 0 saturated heterocycles. The average Bonchev–Trinajstić information content (AvgIpc) is 2.57. The molecule has 0 bridgehead atoms. The number of hydrogen-bond acceptors (Lipinski definition) is 5. The van der Waals surface area contributed by atoms with E-state index in [9.17, 15) is 9.59 Å². The van der Waals surface area contributed by atoms with Gasteiger partial charge in [0.1, 0.15) is 5.76 Å². The maximum Gasteiger partial charge on any atom is 0.349 e. The molecule has 0 heterocycles. The van der Waals surface area contributed by atoms with Gasteiger partial charge in [-0.1, -0.05) is 44.2 Å². The van der Waals surface area contributed by atoms with E-state index in [-0.39, 0.29) is 24.5 Å². The lowest BCUT2D eigenvalue weighted by atomic mass is 10.1. The molecule has 1 aromatic rings. The largest absolute Gasteiger partial charge is 0.492 e. The Morgan fingerprint density at radius 3 is 1.61 bits per heavy atom. The van der Waals surface area contributed by atoms with Gasteiger partial charge < -0.3 is 14.2 Å². The molecule has 0 N–H and O–H groups in total. The normalized spacial score (nSPS) is 9.09. The van der Waals surface area contributed by atoms with Crippen LogP contribution in [0, 0.1) is 0 Å². The molecule has 0 aliphatic rings. The average molecular weight is 322 g/mol. The number of ether oxygens (including phenoxy) is 3. The maximum atomic E-state index is 12.1. The van der Waals surface area contributed by atoms with Crippen molar-refractivity contribution in [1.29, 1.82) is 0 Å². The zero-order chi connectivity index (χ0) is 17.7. The summed E-state index contributed by atoms with van der Waals surface area (Å²) in [5, 5.41) is 0. The summed E-state index contributed by atoms with van der Waals surface area (Å²) in [5.41, 5.74) is 0.405. The number of hydrogen-bond donors (Lipinski definition) is 0. The van der Waals surface area contributed by atoms with E-state index in [1.807, 2.05) is 19.9 Å². The molecule has 0 radical (unpaired) electrons. The van der Waals surface area contributed by atoms with Crippen LogP contribution in [0.1, 0.15) is 40.2 Å². The second-order valence-corrected chi connectivity index (χ2v) is 3.94. The Kier molecular flexibility index (Phi) is 11.0. The van der Waals surface area contributed by atoms with Crippen molar-refractivity contribution in [3.63, 3.8) is 0 Å². The van der Waals surface area contributed by atoms with Crippen LogP contribution in [0.15, 0.2) is 35.9 Å². The van der Waals surface area contributed by atoms with Gasteiger partial charge in [0, 0.05) is 5.56 Å². The molecule has 0 aliphatic carbocycles. The van der Waals surface area contributed by atoms with Crippen molar-refractivity contribution >= 4 is 17.7 Å². The van der Waals surface area contributed by atoms with Gasteiger partial charge in [-0.3, -0.25) is 0 Å². The molecule has 0 amide bonds. The van der Waals surface area contributed by atoms with Crippen LogP contribution in [0.4, 0.5) is 0 Å². The van der Waals surface area contributed by atoms with E-state index in [1.54, 1.807) is 45.0 Å². The van der Waals surface area contributed by atoms with E-state index >= 15 is 0 Å². The first-order valence-corrected chi connectivity index (χ1v) is 7.92. The SMILES string of the molecule is CC.CCOC(=O)C(C(=O)OCC)=C(OCC)c1ccccc1. The van der Waals surface area contributed by atoms with Gasteiger partial charge in [-0.2, -0.15) is 0 Å². The molecule has 0 aliphatic heterocycles. The lowest BCUT2D eigenvalue weighted by molar-refractivity contribution is -0.146. The van der Waals surface area contributed by atoms with Gasteiger partial charge >= 0.3 is 11.9 Å². The van der Waals surface area contributed by atoms with Gasteiger partial charge in [0.25, 0.3) is 0 Å². The molecule has 0 fully saturated rings. The zero-order valence-electron chi connectivity index (χ0n) is 14.5. The number of carbonyl (C=O) groups excluding carboxylic acids is 2. The van der Waals surface area contributed by atoms with E-state index in [1.165, 1.54) is 0 Å². The molecule has 0 atom stereocenters. The Morgan fingerprint density at radius 2 is 1.22 bits per heavy atom. The fraction of sp³-hybridized carbons (Fsp3) is 0.444. The molecule has 128 valence electrons. The van der Waals surface area contributed by atoms with Crippen LogP contribution in [0.25, 0.3) is 5.76 Å². The van der Waals surface area contributed by atoms with Crippen LogP contribution in [-0.2, 0) is 23.8 Å². The number of benzene rings is 1. The summed E-state index contributed by atoms with van der Waals surface area (Å²) in [6, 6.07) is 8.93. The van der Waals surface area contributed by atoms with E-state index in [2.05, 4.69) is 0 Å². The third-order valence-electron chi connectivity index (χ3n) is 2.51. The van der Waals surface area contributed by atoms with Gasteiger partial charge in [0.05, 0.1) is 19.8 Å². The van der Waals surface area contributed by atoms with Crippen LogP contribution in [0.5, 0.6) is 0 Å². The fourth-order valence-corrected chi connectivity index (χ4v) is 1.71. The number of rotatable bonds is 7. The highest BCUT2D eigenvalue weighted by Crippen LogP contribution is 2.22. The highest BCUT2D eigenvalue weighted by Gasteiger charge is 2.28. The summed E-state index contributed by atoms with van der Waals surface area (Å²) in [7, 11) is 0. The Bertz CT molecular complexity index is 485. The lowest BCUT2D eigenvalue weighted by Gasteiger charge is -2.14. The standard InChI is InChI=1S/C16H20O5.C2H6/c1-4-19-14(12-10-8-7-9-11-12)13(15(17)20-5-2)16(18)21-6-3;1-2/h7-11H,4-6H2,1-3H3;1-2H3. The summed E-state index contributed by atoms with van der Waals surface area (Å²) >= 11 is 0. The summed E-state index contributed by atoms with van der Waals surface area (Å²) in [6.45, 7) is 9.75. The Morgan fingerprint density at radius 1 is 0.783 bits per heavy atom. The Labute approximate surface area is 138 Å². The molecule has 0 saturated carbocycles. The van der Waals surface area contributed by atoms with Crippen molar-refractivity contribution in [3.05, 3.63) is 41.5 Å². The van der Waals surface area contributed by atoms with Crippen LogP contribution in [0.3, 0.4) is 0 Å². The molecule has 5 nitrogen and oxygen atoms in total. The minimum Gasteiger partial charge on any atom is -0.492 e. The monoisotopic (exact) mass is 322 g/mol. The van der Waals surface area contributed by atoms with Crippen molar-refractivity contribution in [2.24, 2.45) is 0 Å². The third-order valence-corrected chi connectivity index (χ3v) is 2.51. The summed E-state index contributed by atoms with van der Waals surface area (Å²) in [6.07, 6.45) is 0. The molecule has 0 spiro atoms. The minimum absolute atomic E-state index is 0.163. The van der Waals surface area contributed by atoms with E-state index in [0.29, 0.717) is 12.2 Å². The molecule has 0 unspecified atom stereocenters. The van der Waals surface area contributed by atoms with Gasteiger partial charge in [-0.05, 0) is 20.8 Å². The Balaban J connectivity index is 0.00000232. The van der Waals surface area contributed by atoms with E-state index in [0.717, 1.165) is 0 Å². The molecule has 1 aromatic carbocycles. The number of carbonyl (C=O) groups is 2. The maximum absolute atomic E-state index is 12.1. The van der Waals surface area contributed by atoms with Gasteiger partial charge in [0.15, 0.2) is 5.57 Å². The first-order valence-electron chi connectivity index (χ1n) is 7.92. The van der Waals surface area contributed by atoms with Crippen LogP contribution in [-0.4, -0.2) is 31.8 Å². The zero-order valence-corrected chi connectivity index (χ0v) is 14.5. The fourth-order valence-electron chi connectivity index (χ4n) is 1.71. The lowest BCUT2D eigenvalue weighted by Crippen LogP contribution is -2.21. The second kappa shape index (κ2) is 12.3. The summed E-state index contributed by atoms with van der Waals surface area (Å²) < 4.78 is 15.4. The van der Waals surface area contributed by atoms with Crippen LogP contribution >= 0.6 is 0 Å². The summed E-state index contributed by atoms with van der Waals surface area (Å²) in [4.78, 5) is 24.2. The molecule has 1 rings (SSSR count). The third kappa shape index (κ3) is 6.55. The predicted molar refractivity (Wildman–Crippen MR) is 89.6 cm³/mol. The quantitative estimate of drug-likeness (QED) is 0.252. The van der Waals surface area contributed by atoms with Gasteiger partial charge in [-0.25, -0.2) is 9.59 Å². The number of esters is 2. The van der Waals surface area contributed by atoms with Crippen molar-refractivity contribution in [1.82, 2.24) is 0 Å². The van der Waals surface area contributed by atoms with Crippen molar-refractivity contribution in [2.45, 2.75) is 34.6 Å². The smallest absolute Gasteiger partial charge is 0.349 e. The summed E-state index contributed by atoms with van der Waals surface area (Å²) in [5.74, 6) is -1.32. The van der Waals surface area contributed by atoms with Crippen molar-refractivity contribution in [3.8, 4) is 0 Å². The molecule has 23 heavy (non-hydrogen) atoms. The minimum atomic E-state index is -0.747. The highest BCUT2D eigenvalue weighted by molar-refractivity contribution is 6.19. The van der Waals surface area contributed by atoms with E-state index < -0.39 is 11.9 Å². The molecular weight excluding hydrogens is 296 g/mol. The van der Waals surface area contributed by atoms with Crippen molar-refractivity contribution in [2.75, 3.05) is 19.8 Å². The predicted octanol–water partition coefficient (Wildman–Crippen LogP) is 3.59. The van der Waals surface area contributed by atoms with Crippen molar-refractivity contribution < 1.29 is 23.8 Å². The van der Waals surface area contributed by atoms with Crippen LogP contribution in [0.2, 0.25) is 0 Å². The molecule has 5 heteroatoms. The van der Waals surface area contributed by atoms with Gasteiger partial charge in [-0.15, -0.1) is 0 Å². The Hall–Kier alpha value is -2.30. The van der Waals surface area contributed by atoms with Crippen LogP contribution < -0.4 is 0 Å². The topological polar surface area (TPSA) is 61.8 Å². The first kappa shape index (κ1) is 20.7. The highest BCUT2D eigenvalue weighted by atomic mass is 16.6. The molecule has 0 aromatic heterocycles. The van der Waals surface area contributed by atoms with E-state index in [4.69, 9.17) is 14.2 Å².